The molecule has 0 spiro atoms. The molecule has 1 amide bonds. The number of rotatable bonds is 4. The molecule has 8 heteroatoms. The summed E-state index contributed by atoms with van der Waals surface area (Å²) in [7, 11) is 1.45. The molecule has 2 N–H and O–H groups in total. The van der Waals surface area contributed by atoms with Crippen molar-refractivity contribution in [1.29, 1.82) is 0 Å². The normalized spacial score (nSPS) is 11.2. The average molecular weight is 359 g/mol. The lowest BCUT2D eigenvalue weighted by atomic mass is 10.2. The fourth-order valence-corrected chi connectivity index (χ4v) is 2.59. The Morgan fingerprint density at radius 3 is 2.96 bits per heavy atom. The molecule has 0 unspecified atom stereocenters. The number of pyridine rings is 1. The second kappa shape index (κ2) is 6.82. The minimum absolute atomic E-state index is 0.0548. The van der Waals surface area contributed by atoms with Crippen molar-refractivity contribution in [2.75, 3.05) is 7.11 Å². The molecule has 0 aliphatic rings. The van der Waals surface area contributed by atoms with Gasteiger partial charge >= 0.3 is 0 Å². The maximum absolute atomic E-state index is 12.4. The van der Waals surface area contributed by atoms with Crippen molar-refractivity contribution in [2.24, 2.45) is 5.10 Å². The summed E-state index contributed by atoms with van der Waals surface area (Å²) in [4.78, 5) is 16.7. The van der Waals surface area contributed by atoms with Crippen LogP contribution in [-0.2, 0) is 0 Å². The minimum atomic E-state index is -0.439. The summed E-state index contributed by atoms with van der Waals surface area (Å²) in [5.41, 5.74) is 4.34. The van der Waals surface area contributed by atoms with E-state index in [1.807, 2.05) is 0 Å². The molecule has 0 radical (unpaired) electrons. The average Bonchev–Trinajstić information content (AvgIpc) is 2.91. The monoisotopic (exact) mass is 358 g/mol. The van der Waals surface area contributed by atoms with Crippen LogP contribution < -0.4 is 10.2 Å². The molecule has 1 aromatic carbocycles. The summed E-state index contributed by atoms with van der Waals surface area (Å²) < 4.78 is 6.63. The van der Waals surface area contributed by atoms with Crippen molar-refractivity contribution in [1.82, 2.24) is 14.8 Å². The lowest BCUT2D eigenvalue weighted by Gasteiger charge is -2.05. The first kappa shape index (κ1) is 16.8. The molecule has 128 valence electrons. The number of halogens is 1. The van der Waals surface area contributed by atoms with Crippen LogP contribution in [0.25, 0.3) is 5.65 Å². The van der Waals surface area contributed by atoms with E-state index in [2.05, 4.69) is 15.5 Å². The largest absolute Gasteiger partial charge is 0.504 e. The van der Waals surface area contributed by atoms with Gasteiger partial charge in [0.25, 0.3) is 5.91 Å². The van der Waals surface area contributed by atoms with Crippen LogP contribution in [-0.4, -0.2) is 33.7 Å². The number of hydrogen-bond acceptors (Lipinski definition) is 5. The van der Waals surface area contributed by atoms with E-state index in [1.54, 1.807) is 47.9 Å². The molecule has 0 saturated carbocycles. The maximum Gasteiger partial charge on any atom is 0.290 e. The first-order chi connectivity index (χ1) is 12.0. The highest BCUT2D eigenvalue weighted by Gasteiger charge is 2.16. The molecule has 0 saturated heterocycles. The smallest absolute Gasteiger partial charge is 0.290 e. The quantitative estimate of drug-likeness (QED) is 0.554. The highest BCUT2D eigenvalue weighted by Crippen LogP contribution is 2.27. The number of phenolic OH excluding ortho intramolecular Hbond substituents is 1. The minimum Gasteiger partial charge on any atom is -0.504 e. The molecule has 3 aromatic rings. The number of hydrogen-bond donors (Lipinski definition) is 2. The fourth-order valence-electron chi connectivity index (χ4n) is 2.43. The van der Waals surface area contributed by atoms with Gasteiger partial charge in [0.1, 0.15) is 11.3 Å². The predicted octanol–water partition coefficient (Wildman–Crippen LogP) is 2.77. The number of ether oxygens (including phenoxy) is 1. The number of phenols is 1. The van der Waals surface area contributed by atoms with E-state index in [4.69, 9.17) is 16.3 Å². The SMILES string of the molecule is COc1cccc(/C=N\NC(=O)c2c(C)nc3ccc(Cl)cn23)c1O. The summed E-state index contributed by atoms with van der Waals surface area (Å²) in [5, 5.41) is 14.4. The number of nitrogens with zero attached hydrogens (tertiary/aromatic N) is 3. The second-order valence-corrected chi connectivity index (χ2v) is 5.66. The number of imidazole rings is 1. The van der Waals surface area contributed by atoms with Crippen molar-refractivity contribution in [2.45, 2.75) is 6.92 Å². The Morgan fingerprint density at radius 2 is 2.20 bits per heavy atom. The lowest BCUT2D eigenvalue weighted by molar-refractivity contribution is 0.0948. The van der Waals surface area contributed by atoms with E-state index in [1.165, 1.54) is 13.3 Å². The van der Waals surface area contributed by atoms with Gasteiger partial charge in [0.15, 0.2) is 11.5 Å². The van der Waals surface area contributed by atoms with Crippen LogP contribution in [0.2, 0.25) is 5.02 Å². The zero-order chi connectivity index (χ0) is 18.0. The molecule has 2 heterocycles. The highest BCUT2D eigenvalue weighted by atomic mass is 35.5. The molecule has 0 bridgehead atoms. The molecule has 3 rings (SSSR count). The molecular formula is C17H15ClN4O3. The summed E-state index contributed by atoms with van der Waals surface area (Å²) >= 11 is 5.99. The van der Waals surface area contributed by atoms with Gasteiger partial charge in [-0.25, -0.2) is 10.4 Å². The molecule has 0 aliphatic heterocycles. The number of fused-ring (bicyclic) bond motifs is 1. The Kier molecular flexibility index (Phi) is 4.58. The van der Waals surface area contributed by atoms with Crippen molar-refractivity contribution in [3.05, 3.63) is 58.5 Å². The summed E-state index contributed by atoms with van der Waals surface area (Å²) in [6.45, 7) is 1.73. The summed E-state index contributed by atoms with van der Waals surface area (Å²) in [6, 6.07) is 8.40. The third kappa shape index (κ3) is 3.27. The lowest BCUT2D eigenvalue weighted by Crippen LogP contribution is -2.20. The zero-order valence-electron chi connectivity index (χ0n) is 13.5. The van der Waals surface area contributed by atoms with Crippen molar-refractivity contribution in [3.8, 4) is 11.5 Å². The summed E-state index contributed by atoms with van der Waals surface area (Å²) in [5.74, 6) is -0.172. The van der Waals surface area contributed by atoms with E-state index >= 15 is 0 Å². The number of para-hydroxylation sites is 1. The number of carbonyl (C=O) groups is 1. The van der Waals surface area contributed by atoms with Crippen LogP contribution >= 0.6 is 11.6 Å². The Balaban J connectivity index is 1.84. The van der Waals surface area contributed by atoms with Crippen LogP contribution in [0.4, 0.5) is 0 Å². The number of aromatic nitrogens is 2. The van der Waals surface area contributed by atoms with E-state index in [9.17, 15) is 9.90 Å². The number of amides is 1. The van der Waals surface area contributed by atoms with Gasteiger partial charge in [0.2, 0.25) is 0 Å². The zero-order valence-corrected chi connectivity index (χ0v) is 14.3. The van der Waals surface area contributed by atoms with Gasteiger partial charge in [-0.15, -0.1) is 0 Å². The van der Waals surface area contributed by atoms with Gasteiger partial charge in [0.05, 0.1) is 24.0 Å². The molecule has 0 aliphatic carbocycles. The molecular weight excluding hydrogens is 344 g/mol. The Bertz CT molecular complexity index is 981. The van der Waals surface area contributed by atoms with Crippen LogP contribution in [0, 0.1) is 6.92 Å². The molecule has 0 fully saturated rings. The maximum atomic E-state index is 12.4. The van der Waals surface area contributed by atoms with Gasteiger partial charge in [-0.2, -0.15) is 5.10 Å². The second-order valence-electron chi connectivity index (χ2n) is 5.22. The third-order valence-corrected chi connectivity index (χ3v) is 3.82. The number of aromatic hydroxyl groups is 1. The number of benzene rings is 1. The Morgan fingerprint density at radius 1 is 1.40 bits per heavy atom. The van der Waals surface area contributed by atoms with E-state index in [0.29, 0.717) is 33.4 Å². The van der Waals surface area contributed by atoms with Crippen LogP contribution in [0.15, 0.2) is 41.6 Å². The number of hydrazone groups is 1. The fraction of sp³-hybridized carbons (Fsp3) is 0.118. The van der Waals surface area contributed by atoms with E-state index < -0.39 is 5.91 Å². The number of nitrogens with one attached hydrogen (secondary N) is 1. The van der Waals surface area contributed by atoms with Crippen LogP contribution in [0.1, 0.15) is 21.7 Å². The first-order valence-electron chi connectivity index (χ1n) is 7.35. The van der Waals surface area contributed by atoms with Gasteiger partial charge in [-0.1, -0.05) is 17.7 Å². The Labute approximate surface area is 148 Å². The van der Waals surface area contributed by atoms with E-state index in [-0.39, 0.29) is 5.75 Å². The van der Waals surface area contributed by atoms with Crippen LogP contribution in [0.3, 0.4) is 0 Å². The molecule has 0 atom stereocenters. The van der Waals surface area contributed by atoms with Crippen molar-refractivity contribution in [3.63, 3.8) is 0 Å². The van der Waals surface area contributed by atoms with Gasteiger partial charge in [-0.05, 0) is 31.2 Å². The highest BCUT2D eigenvalue weighted by molar-refractivity contribution is 6.30. The molecule has 25 heavy (non-hydrogen) atoms. The van der Waals surface area contributed by atoms with Gasteiger partial charge < -0.3 is 9.84 Å². The number of carbonyl (C=O) groups excluding carboxylic acids is 1. The predicted molar refractivity (Wildman–Crippen MR) is 94.7 cm³/mol. The molecule has 7 nitrogen and oxygen atoms in total. The van der Waals surface area contributed by atoms with Gasteiger partial charge in [0, 0.05) is 11.8 Å². The van der Waals surface area contributed by atoms with E-state index in [0.717, 1.165) is 0 Å². The first-order valence-corrected chi connectivity index (χ1v) is 7.72. The van der Waals surface area contributed by atoms with Crippen molar-refractivity contribution >= 4 is 29.4 Å². The van der Waals surface area contributed by atoms with Gasteiger partial charge in [-0.3, -0.25) is 9.20 Å². The number of methoxy groups -OCH3 is 1. The third-order valence-electron chi connectivity index (χ3n) is 3.59. The standard InChI is InChI=1S/C17H15ClN4O3/c1-10-15(22-9-12(18)6-7-14(22)20-10)17(24)21-19-8-11-4-3-5-13(25-2)16(11)23/h3-9,23H,1-2H3,(H,21,24)/b19-8-. The van der Waals surface area contributed by atoms with Crippen molar-refractivity contribution < 1.29 is 14.6 Å². The summed E-state index contributed by atoms with van der Waals surface area (Å²) in [6.07, 6.45) is 2.95. The molecule has 2 aromatic heterocycles. The topological polar surface area (TPSA) is 88.2 Å². The number of aryl methyl sites for hydroxylation is 1. The van der Waals surface area contributed by atoms with Crippen LogP contribution in [0.5, 0.6) is 11.5 Å². The Hall–Kier alpha value is -3.06.